The van der Waals surface area contributed by atoms with Gasteiger partial charge in [-0.05, 0) is 31.1 Å². The van der Waals surface area contributed by atoms with Crippen molar-refractivity contribution in [3.63, 3.8) is 0 Å². The van der Waals surface area contributed by atoms with Crippen LogP contribution in [0.1, 0.15) is 25.7 Å². The zero-order valence-electron chi connectivity index (χ0n) is 6.88. The van der Waals surface area contributed by atoms with Gasteiger partial charge in [-0.3, -0.25) is 4.79 Å². The molecular formula is C9H14O2. The third-order valence-electron chi connectivity index (χ3n) is 3.24. The van der Waals surface area contributed by atoms with Crippen LogP contribution in [0.2, 0.25) is 0 Å². The Labute approximate surface area is 66.9 Å². The molecule has 0 aliphatic heterocycles. The molecule has 2 heteroatoms. The molecule has 0 radical (unpaired) electrons. The Bertz CT molecular complexity index is 176. The summed E-state index contributed by atoms with van der Waals surface area (Å²) in [6, 6.07) is 0. The lowest BCUT2D eigenvalue weighted by molar-refractivity contribution is -0.147. The van der Waals surface area contributed by atoms with E-state index in [1.807, 2.05) is 0 Å². The van der Waals surface area contributed by atoms with Gasteiger partial charge < -0.3 is 4.74 Å². The summed E-state index contributed by atoms with van der Waals surface area (Å²) in [6.45, 7) is 0. The summed E-state index contributed by atoms with van der Waals surface area (Å²) in [5, 5.41) is 0. The predicted octanol–water partition coefficient (Wildman–Crippen LogP) is 1.60. The standard InChI is InChI=1S/C9H14O2/c1-11-9(10)8-5-6-2-3-7(8)4-6/h6-8H,2-5H2,1H3/t6-,7+,8+/m0/s1. The highest BCUT2D eigenvalue weighted by molar-refractivity contribution is 5.73. The molecule has 0 aromatic carbocycles. The average Bonchev–Trinajstić information content (AvgIpc) is 2.62. The number of esters is 1. The molecule has 11 heavy (non-hydrogen) atoms. The fourth-order valence-corrected chi connectivity index (χ4v) is 2.68. The van der Waals surface area contributed by atoms with Crippen LogP contribution < -0.4 is 0 Å². The number of rotatable bonds is 1. The highest BCUT2D eigenvalue weighted by Crippen LogP contribution is 2.48. The zero-order chi connectivity index (χ0) is 7.84. The van der Waals surface area contributed by atoms with E-state index in [-0.39, 0.29) is 11.9 Å². The van der Waals surface area contributed by atoms with E-state index < -0.39 is 0 Å². The quantitative estimate of drug-likeness (QED) is 0.536. The molecule has 2 nitrogen and oxygen atoms in total. The SMILES string of the molecule is COC(=O)[C@@H]1C[C@H]2CC[C@@H]1C2. The Morgan fingerprint density at radius 1 is 1.36 bits per heavy atom. The second kappa shape index (κ2) is 2.50. The molecule has 2 bridgehead atoms. The van der Waals surface area contributed by atoms with E-state index in [0.29, 0.717) is 5.92 Å². The molecule has 0 saturated heterocycles. The minimum atomic E-state index is 0.0252. The molecular weight excluding hydrogens is 140 g/mol. The molecule has 2 aliphatic rings. The van der Waals surface area contributed by atoms with Crippen LogP contribution in [0.4, 0.5) is 0 Å². The van der Waals surface area contributed by atoms with Crippen molar-refractivity contribution < 1.29 is 9.53 Å². The smallest absolute Gasteiger partial charge is 0.308 e. The number of carbonyl (C=O) groups is 1. The Morgan fingerprint density at radius 2 is 2.18 bits per heavy atom. The van der Waals surface area contributed by atoms with E-state index >= 15 is 0 Å². The second-order valence-electron chi connectivity index (χ2n) is 3.80. The molecule has 0 aromatic rings. The van der Waals surface area contributed by atoms with Crippen molar-refractivity contribution in [1.82, 2.24) is 0 Å². The van der Waals surface area contributed by atoms with Crippen LogP contribution >= 0.6 is 0 Å². The van der Waals surface area contributed by atoms with E-state index in [9.17, 15) is 4.79 Å². The van der Waals surface area contributed by atoms with Crippen molar-refractivity contribution >= 4 is 5.97 Å². The van der Waals surface area contributed by atoms with Crippen LogP contribution in [0.3, 0.4) is 0 Å². The third-order valence-corrected chi connectivity index (χ3v) is 3.24. The summed E-state index contributed by atoms with van der Waals surface area (Å²) in [4.78, 5) is 11.2. The predicted molar refractivity (Wildman–Crippen MR) is 41.0 cm³/mol. The van der Waals surface area contributed by atoms with Crippen molar-refractivity contribution in [3.05, 3.63) is 0 Å². The van der Waals surface area contributed by atoms with Crippen molar-refractivity contribution in [2.45, 2.75) is 25.7 Å². The van der Waals surface area contributed by atoms with Gasteiger partial charge in [0, 0.05) is 0 Å². The monoisotopic (exact) mass is 154 g/mol. The van der Waals surface area contributed by atoms with Gasteiger partial charge >= 0.3 is 5.97 Å². The van der Waals surface area contributed by atoms with Gasteiger partial charge in [-0.15, -0.1) is 0 Å². The lowest BCUT2D eigenvalue weighted by atomic mass is 9.89. The summed E-state index contributed by atoms with van der Waals surface area (Å²) in [7, 11) is 1.49. The van der Waals surface area contributed by atoms with Crippen molar-refractivity contribution in [3.8, 4) is 0 Å². The number of methoxy groups -OCH3 is 1. The first-order valence-corrected chi connectivity index (χ1v) is 4.39. The van der Waals surface area contributed by atoms with Crippen LogP contribution in [0.5, 0.6) is 0 Å². The molecule has 0 aromatic heterocycles. The van der Waals surface area contributed by atoms with Gasteiger partial charge in [0.2, 0.25) is 0 Å². The Balaban J connectivity index is 2.02. The minimum absolute atomic E-state index is 0.0252. The van der Waals surface area contributed by atoms with Crippen molar-refractivity contribution in [2.75, 3.05) is 7.11 Å². The van der Waals surface area contributed by atoms with Crippen LogP contribution in [-0.4, -0.2) is 13.1 Å². The summed E-state index contributed by atoms with van der Waals surface area (Å²) in [5.74, 6) is 1.77. The molecule has 0 spiro atoms. The van der Waals surface area contributed by atoms with Crippen LogP contribution in [0.15, 0.2) is 0 Å². The summed E-state index contributed by atoms with van der Waals surface area (Å²) in [6.07, 6.45) is 4.97. The number of ether oxygens (including phenoxy) is 1. The van der Waals surface area contributed by atoms with Gasteiger partial charge in [0.15, 0.2) is 0 Å². The molecule has 0 unspecified atom stereocenters. The fourth-order valence-electron chi connectivity index (χ4n) is 2.68. The van der Waals surface area contributed by atoms with Gasteiger partial charge in [0.05, 0.1) is 13.0 Å². The Kier molecular flexibility index (Phi) is 1.63. The van der Waals surface area contributed by atoms with Crippen LogP contribution in [0, 0.1) is 17.8 Å². The van der Waals surface area contributed by atoms with Crippen molar-refractivity contribution in [1.29, 1.82) is 0 Å². The van der Waals surface area contributed by atoms with E-state index in [4.69, 9.17) is 4.74 Å². The number of carbonyl (C=O) groups excluding carboxylic acids is 1. The second-order valence-corrected chi connectivity index (χ2v) is 3.80. The van der Waals surface area contributed by atoms with E-state index in [1.54, 1.807) is 0 Å². The highest BCUT2D eigenvalue weighted by Gasteiger charge is 2.43. The summed E-state index contributed by atoms with van der Waals surface area (Å²) < 4.78 is 4.75. The first-order valence-electron chi connectivity index (χ1n) is 4.39. The van der Waals surface area contributed by atoms with Gasteiger partial charge in [-0.25, -0.2) is 0 Å². The van der Waals surface area contributed by atoms with Gasteiger partial charge in [0.25, 0.3) is 0 Å². The zero-order valence-corrected chi connectivity index (χ0v) is 6.88. The highest BCUT2D eigenvalue weighted by atomic mass is 16.5. The lowest BCUT2D eigenvalue weighted by Crippen LogP contribution is -2.21. The number of fused-ring (bicyclic) bond motifs is 2. The molecule has 2 fully saturated rings. The molecule has 2 aliphatic carbocycles. The van der Waals surface area contributed by atoms with E-state index in [0.717, 1.165) is 12.3 Å². The molecule has 0 N–H and O–H groups in total. The first-order chi connectivity index (χ1) is 5.31. The topological polar surface area (TPSA) is 26.3 Å². The number of hydrogen-bond donors (Lipinski definition) is 0. The normalized spacial score (nSPS) is 41.0. The average molecular weight is 154 g/mol. The molecule has 0 heterocycles. The van der Waals surface area contributed by atoms with Crippen LogP contribution in [0.25, 0.3) is 0 Å². The Hall–Kier alpha value is -0.530. The van der Waals surface area contributed by atoms with Gasteiger partial charge in [0.1, 0.15) is 0 Å². The van der Waals surface area contributed by atoms with E-state index in [1.165, 1.54) is 26.4 Å². The summed E-state index contributed by atoms with van der Waals surface area (Å²) in [5.41, 5.74) is 0. The Morgan fingerprint density at radius 3 is 2.64 bits per heavy atom. The minimum Gasteiger partial charge on any atom is -0.469 e. The maximum atomic E-state index is 11.2. The fraction of sp³-hybridized carbons (Fsp3) is 0.889. The van der Waals surface area contributed by atoms with E-state index in [2.05, 4.69) is 0 Å². The molecule has 3 atom stereocenters. The molecule has 62 valence electrons. The first kappa shape index (κ1) is 7.14. The third kappa shape index (κ3) is 1.05. The maximum Gasteiger partial charge on any atom is 0.308 e. The largest absolute Gasteiger partial charge is 0.469 e. The van der Waals surface area contributed by atoms with Gasteiger partial charge in [-0.2, -0.15) is 0 Å². The van der Waals surface area contributed by atoms with Crippen molar-refractivity contribution in [2.24, 2.45) is 17.8 Å². The maximum absolute atomic E-state index is 11.2. The lowest BCUT2D eigenvalue weighted by Gasteiger charge is -2.18. The number of hydrogen-bond acceptors (Lipinski definition) is 2. The molecule has 2 saturated carbocycles. The molecule has 2 rings (SSSR count). The summed E-state index contributed by atoms with van der Waals surface area (Å²) >= 11 is 0. The van der Waals surface area contributed by atoms with Gasteiger partial charge in [-0.1, -0.05) is 6.42 Å². The van der Waals surface area contributed by atoms with Crippen LogP contribution in [-0.2, 0) is 9.53 Å². The molecule has 0 amide bonds.